The van der Waals surface area contributed by atoms with Crippen molar-refractivity contribution in [3.63, 3.8) is 0 Å². The predicted molar refractivity (Wildman–Crippen MR) is 78.5 cm³/mol. The van der Waals surface area contributed by atoms with Gasteiger partial charge in [-0.2, -0.15) is 0 Å². The smallest absolute Gasteiger partial charge is 0.331 e. The van der Waals surface area contributed by atoms with E-state index in [1.165, 1.54) is 19.8 Å². The Morgan fingerprint density at radius 3 is 2.30 bits per heavy atom. The lowest BCUT2D eigenvalue weighted by Crippen LogP contribution is -2.45. The van der Waals surface area contributed by atoms with E-state index in [9.17, 15) is 9.59 Å². The highest BCUT2D eigenvalue weighted by molar-refractivity contribution is 6.01. The summed E-state index contributed by atoms with van der Waals surface area (Å²) < 4.78 is 0. The number of nitrogens with one attached hydrogen (secondary N) is 1. The van der Waals surface area contributed by atoms with Gasteiger partial charge in [0, 0.05) is 30.3 Å². The number of carbonyl (C=O) groups is 2. The molecule has 0 aromatic carbocycles. The second-order valence-corrected chi connectivity index (χ2v) is 5.50. The number of aliphatic carboxylic acids is 1. The summed E-state index contributed by atoms with van der Waals surface area (Å²) in [5, 5.41) is 11.8. The second kappa shape index (κ2) is 8.04. The molecule has 114 valence electrons. The molecule has 0 aromatic rings. The third-order valence-corrected chi connectivity index (χ3v) is 3.97. The van der Waals surface area contributed by atoms with Gasteiger partial charge in [0.15, 0.2) is 0 Å². The van der Waals surface area contributed by atoms with E-state index >= 15 is 0 Å². The SMILES string of the molecule is CCCCN1CCC(NC(=O)C(C)=C(C)C(=O)O)CC1. The lowest BCUT2D eigenvalue weighted by Gasteiger charge is -2.32. The van der Waals surface area contributed by atoms with Crippen LogP contribution in [-0.4, -0.2) is 47.6 Å². The molecule has 0 atom stereocenters. The summed E-state index contributed by atoms with van der Waals surface area (Å²) in [7, 11) is 0. The molecule has 0 spiro atoms. The molecule has 0 aromatic heterocycles. The second-order valence-electron chi connectivity index (χ2n) is 5.50. The highest BCUT2D eigenvalue weighted by Crippen LogP contribution is 2.12. The molecular formula is C15H26N2O3. The molecule has 0 radical (unpaired) electrons. The van der Waals surface area contributed by atoms with Crippen LogP contribution in [0.3, 0.4) is 0 Å². The van der Waals surface area contributed by atoms with E-state index in [-0.39, 0.29) is 17.5 Å². The Kier molecular flexibility index (Phi) is 6.71. The normalized spacial score (nSPS) is 18.6. The minimum atomic E-state index is -1.04. The Balaban J connectivity index is 2.42. The van der Waals surface area contributed by atoms with Crippen LogP contribution < -0.4 is 5.32 Å². The first-order valence-electron chi connectivity index (χ1n) is 7.39. The molecule has 1 amide bonds. The van der Waals surface area contributed by atoms with Gasteiger partial charge in [0.25, 0.3) is 0 Å². The number of carboxylic acids is 1. The third kappa shape index (κ3) is 4.96. The average Bonchev–Trinajstić information content (AvgIpc) is 2.44. The molecule has 1 rings (SSSR count). The zero-order valence-electron chi connectivity index (χ0n) is 12.7. The van der Waals surface area contributed by atoms with E-state index in [4.69, 9.17) is 5.11 Å². The molecule has 0 bridgehead atoms. The van der Waals surface area contributed by atoms with E-state index < -0.39 is 5.97 Å². The molecule has 0 saturated carbocycles. The number of carbonyl (C=O) groups excluding carboxylic acids is 1. The summed E-state index contributed by atoms with van der Waals surface area (Å²) in [5.74, 6) is -1.29. The zero-order valence-corrected chi connectivity index (χ0v) is 12.7. The first-order valence-corrected chi connectivity index (χ1v) is 7.39. The van der Waals surface area contributed by atoms with Crippen molar-refractivity contribution in [1.29, 1.82) is 0 Å². The number of amides is 1. The van der Waals surface area contributed by atoms with E-state index in [0.717, 1.165) is 32.5 Å². The fourth-order valence-corrected chi connectivity index (χ4v) is 2.31. The molecule has 2 N–H and O–H groups in total. The van der Waals surface area contributed by atoms with Crippen molar-refractivity contribution in [2.45, 2.75) is 52.5 Å². The monoisotopic (exact) mass is 282 g/mol. The Bertz CT molecular complexity index is 383. The number of hydrogen-bond acceptors (Lipinski definition) is 3. The number of nitrogens with zero attached hydrogens (tertiary/aromatic N) is 1. The molecule has 0 aliphatic carbocycles. The Labute approximate surface area is 121 Å². The number of piperidine rings is 1. The Morgan fingerprint density at radius 2 is 1.80 bits per heavy atom. The van der Waals surface area contributed by atoms with Gasteiger partial charge in [0.2, 0.25) is 5.91 Å². The van der Waals surface area contributed by atoms with Crippen LogP contribution in [0.2, 0.25) is 0 Å². The molecule has 1 saturated heterocycles. The fraction of sp³-hybridized carbons (Fsp3) is 0.733. The summed E-state index contributed by atoms with van der Waals surface area (Å²) in [4.78, 5) is 25.2. The van der Waals surface area contributed by atoms with Crippen molar-refractivity contribution in [3.05, 3.63) is 11.1 Å². The van der Waals surface area contributed by atoms with Crippen LogP contribution in [0.5, 0.6) is 0 Å². The number of hydrogen-bond donors (Lipinski definition) is 2. The zero-order chi connectivity index (χ0) is 15.1. The minimum Gasteiger partial charge on any atom is -0.478 e. The van der Waals surface area contributed by atoms with Gasteiger partial charge in [-0.1, -0.05) is 13.3 Å². The first-order chi connectivity index (χ1) is 9.45. The maximum Gasteiger partial charge on any atom is 0.331 e. The van der Waals surface area contributed by atoms with Crippen molar-refractivity contribution in [2.75, 3.05) is 19.6 Å². The molecule has 1 aliphatic heterocycles. The van der Waals surface area contributed by atoms with E-state index in [2.05, 4.69) is 17.1 Å². The number of likely N-dealkylation sites (tertiary alicyclic amines) is 1. The topological polar surface area (TPSA) is 69.6 Å². The summed E-state index contributed by atoms with van der Waals surface area (Å²) >= 11 is 0. The Hall–Kier alpha value is -1.36. The van der Waals surface area contributed by atoms with Crippen LogP contribution in [0.15, 0.2) is 11.1 Å². The molecule has 1 fully saturated rings. The van der Waals surface area contributed by atoms with E-state index in [1.54, 1.807) is 6.92 Å². The van der Waals surface area contributed by atoms with Crippen LogP contribution in [0, 0.1) is 0 Å². The quantitative estimate of drug-likeness (QED) is 0.729. The molecule has 20 heavy (non-hydrogen) atoms. The maximum atomic E-state index is 12.0. The fourth-order valence-electron chi connectivity index (χ4n) is 2.31. The van der Waals surface area contributed by atoms with Crippen LogP contribution in [-0.2, 0) is 9.59 Å². The van der Waals surface area contributed by atoms with Gasteiger partial charge < -0.3 is 15.3 Å². The van der Waals surface area contributed by atoms with Gasteiger partial charge >= 0.3 is 5.97 Å². The van der Waals surface area contributed by atoms with Gasteiger partial charge in [-0.15, -0.1) is 0 Å². The molecule has 1 heterocycles. The van der Waals surface area contributed by atoms with E-state index in [1.807, 2.05) is 0 Å². The molecule has 0 unspecified atom stereocenters. The first kappa shape index (κ1) is 16.7. The van der Waals surface area contributed by atoms with Crippen LogP contribution >= 0.6 is 0 Å². The maximum absolute atomic E-state index is 12.0. The van der Waals surface area contributed by atoms with Crippen molar-refractivity contribution < 1.29 is 14.7 Å². The highest BCUT2D eigenvalue weighted by Gasteiger charge is 2.21. The summed E-state index contributed by atoms with van der Waals surface area (Å²) in [6.45, 7) is 8.36. The summed E-state index contributed by atoms with van der Waals surface area (Å²) in [6, 6.07) is 0.164. The number of unbranched alkanes of at least 4 members (excludes halogenated alkanes) is 1. The Morgan fingerprint density at radius 1 is 1.20 bits per heavy atom. The van der Waals surface area contributed by atoms with Gasteiger partial charge in [-0.25, -0.2) is 4.79 Å². The lowest BCUT2D eigenvalue weighted by atomic mass is 10.0. The molecular weight excluding hydrogens is 256 g/mol. The lowest BCUT2D eigenvalue weighted by molar-refractivity contribution is -0.133. The summed E-state index contributed by atoms with van der Waals surface area (Å²) in [6.07, 6.45) is 4.30. The van der Waals surface area contributed by atoms with E-state index in [0.29, 0.717) is 5.57 Å². The van der Waals surface area contributed by atoms with Gasteiger partial charge in [0.1, 0.15) is 0 Å². The number of carboxylic acid groups (broad SMARTS) is 1. The largest absolute Gasteiger partial charge is 0.478 e. The predicted octanol–water partition coefficient (Wildman–Crippen LogP) is 1.79. The van der Waals surface area contributed by atoms with Crippen LogP contribution in [0.1, 0.15) is 46.5 Å². The molecule has 5 heteroatoms. The van der Waals surface area contributed by atoms with Crippen molar-refractivity contribution in [3.8, 4) is 0 Å². The highest BCUT2D eigenvalue weighted by atomic mass is 16.4. The summed E-state index contributed by atoms with van der Waals surface area (Å²) in [5.41, 5.74) is 0.411. The van der Waals surface area contributed by atoms with Crippen molar-refractivity contribution in [1.82, 2.24) is 10.2 Å². The third-order valence-electron chi connectivity index (χ3n) is 3.97. The van der Waals surface area contributed by atoms with Gasteiger partial charge in [-0.05, 0) is 39.7 Å². The standard InChI is InChI=1S/C15H26N2O3/c1-4-5-8-17-9-6-13(7-10-17)16-14(18)11(2)12(3)15(19)20/h13H,4-10H2,1-3H3,(H,16,18)(H,19,20). The van der Waals surface area contributed by atoms with Gasteiger partial charge in [0.05, 0.1) is 0 Å². The molecule has 1 aliphatic rings. The van der Waals surface area contributed by atoms with Gasteiger partial charge in [-0.3, -0.25) is 4.79 Å². The van der Waals surface area contributed by atoms with Crippen LogP contribution in [0.4, 0.5) is 0 Å². The van der Waals surface area contributed by atoms with Crippen molar-refractivity contribution >= 4 is 11.9 Å². The number of rotatable bonds is 6. The molecule has 5 nitrogen and oxygen atoms in total. The minimum absolute atomic E-state index is 0.114. The van der Waals surface area contributed by atoms with Crippen molar-refractivity contribution in [2.24, 2.45) is 0 Å². The average molecular weight is 282 g/mol. The van der Waals surface area contributed by atoms with Crippen LogP contribution in [0.25, 0.3) is 0 Å².